The van der Waals surface area contributed by atoms with Crippen molar-refractivity contribution >= 4 is 56.8 Å². The van der Waals surface area contributed by atoms with Crippen LogP contribution in [0.4, 0.5) is 5.69 Å². The van der Waals surface area contributed by atoms with E-state index in [0.717, 1.165) is 10.0 Å². The number of nitrogens with one attached hydrogen (secondary N) is 1. The number of phenolic OH excluding ortho intramolecular Hbond substituents is 1. The third-order valence-electron chi connectivity index (χ3n) is 4.05. The van der Waals surface area contributed by atoms with Gasteiger partial charge < -0.3 is 9.84 Å². The number of rotatable bonds is 3. The van der Waals surface area contributed by atoms with Crippen molar-refractivity contribution in [2.24, 2.45) is 0 Å². The number of amides is 2. The largest absolute Gasteiger partial charge is 0.504 e. The first-order valence-corrected chi connectivity index (χ1v) is 9.07. The van der Waals surface area contributed by atoms with Gasteiger partial charge in [-0.05, 0) is 55.0 Å². The summed E-state index contributed by atoms with van der Waals surface area (Å²) >= 11 is 8.58. The van der Waals surface area contributed by atoms with E-state index in [1.54, 1.807) is 30.3 Å². The maximum atomic E-state index is 13.0. The Morgan fingerprint density at radius 2 is 2.00 bits per heavy atom. The van der Waals surface area contributed by atoms with Crippen molar-refractivity contribution in [1.82, 2.24) is 5.32 Å². The molecule has 6 nitrogen and oxygen atoms in total. The standard InChI is InChI=1S/C19H15BrN2O4S/c1-10-8-12(20)6-7-14(10)22-18(25)13(17(24)21-19(22)27)9-11-4-3-5-15(26-2)16(11)23/h3-9,23H,1-2H3,(H,21,24,27)/b13-9-. The number of halogens is 1. The highest BCUT2D eigenvalue weighted by Crippen LogP contribution is 2.32. The molecule has 1 aliphatic rings. The molecule has 1 saturated heterocycles. The molecule has 2 amide bonds. The fraction of sp³-hybridized carbons (Fsp3) is 0.105. The number of para-hydroxylation sites is 1. The quantitative estimate of drug-likeness (QED) is 0.429. The van der Waals surface area contributed by atoms with E-state index in [1.807, 2.05) is 13.0 Å². The number of thiocarbonyl (C=S) groups is 1. The third kappa shape index (κ3) is 3.58. The molecular formula is C19H15BrN2O4S. The number of nitrogens with zero attached hydrogens (tertiary/aromatic N) is 1. The smallest absolute Gasteiger partial charge is 0.270 e. The number of hydrogen-bond donors (Lipinski definition) is 2. The van der Waals surface area contributed by atoms with E-state index < -0.39 is 11.8 Å². The van der Waals surface area contributed by atoms with Gasteiger partial charge in [-0.2, -0.15) is 0 Å². The zero-order valence-electron chi connectivity index (χ0n) is 14.4. The molecule has 0 aromatic heterocycles. The molecule has 0 bridgehead atoms. The van der Waals surface area contributed by atoms with Gasteiger partial charge in [0.2, 0.25) is 0 Å². The SMILES string of the molecule is COc1cccc(/C=C2/C(=O)NC(=S)N(c3ccc(Br)cc3C)C2=O)c1O. The second-order valence-electron chi connectivity index (χ2n) is 5.79. The van der Waals surface area contributed by atoms with Crippen LogP contribution in [0.25, 0.3) is 6.08 Å². The lowest BCUT2D eigenvalue weighted by molar-refractivity contribution is -0.122. The van der Waals surface area contributed by atoms with Gasteiger partial charge in [-0.25, -0.2) is 0 Å². The van der Waals surface area contributed by atoms with Crippen LogP contribution in [0.3, 0.4) is 0 Å². The van der Waals surface area contributed by atoms with Crippen molar-refractivity contribution < 1.29 is 19.4 Å². The molecule has 2 N–H and O–H groups in total. The molecular weight excluding hydrogens is 432 g/mol. The summed E-state index contributed by atoms with van der Waals surface area (Å²) in [5.74, 6) is -1.12. The predicted octanol–water partition coefficient (Wildman–Crippen LogP) is 3.30. The van der Waals surface area contributed by atoms with Crippen LogP contribution >= 0.6 is 28.1 Å². The summed E-state index contributed by atoms with van der Waals surface area (Å²) in [6.07, 6.45) is 1.32. The lowest BCUT2D eigenvalue weighted by atomic mass is 10.0. The molecule has 0 saturated carbocycles. The molecule has 0 radical (unpaired) electrons. The Bertz CT molecular complexity index is 1000. The van der Waals surface area contributed by atoms with Gasteiger partial charge in [0.25, 0.3) is 11.8 Å². The number of phenols is 1. The molecule has 1 aliphatic heterocycles. The topological polar surface area (TPSA) is 78.9 Å². The van der Waals surface area contributed by atoms with E-state index in [9.17, 15) is 14.7 Å². The highest BCUT2D eigenvalue weighted by molar-refractivity contribution is 9.10. The zero-order chi connectivity index (χ0) is 19.7. The molecule has 0 spiro atoms. The summed E-state index contributed by atoms with van der Waals surface area (Å²) in [6, 6.07) is 10.2. The molecule has 27 heavy (non-hydrogen) atoms. The summed E-state index contributed by atoms with van der Waals surface area (Å²) in [4.78, 5) is 26.7. The fourth-order valence-electron chi connectivity index (χ4n) is 2.72. The van der Waals surface area contributed by atoms with Crippen LogP contribution in [0, 0.1) is 6.92 Å². The maximum Gasteiger partial charge on any atom is 0.270 e. The summed E-state index contributed by atoms with van der Waals surface area (Å²) in [7, 11) is 1.42. The van der Waals surface area contributed by atoms with Crippen LogP contribution in [0.15, 0.2) is 46.4 Å². The molecule has 2 aromatic rings. The van der Waals surface area contributed by atoms with Crippen molar-refractivity contribution in [3.8, 4) is 11.5 Å². The molecule has 0 unspecified atom stereocenters. The lowest BCUT2D eigenvalue weighted by Gasteiger charge is -2.30. The molecule has 1 heterocycles. The second-order valence-corrected chi connectivity index (χ2v) is 7.09. The number of aromatic hydroxyl groups is 1. The van der Waals surface area contributed by atoms with E-state index in [4.69, 9.17) is 17.0 Å². The van der Waals surface area contributed by atoms with Gasteiger partial charge in [0, 0.05) is 10.0 Å². The van der Waals surface area contributed by atoms with Crippen molar-refractivity contribution in [3.05, 3.63) is 57.6 Å². The minimum Gasteiger partial charge on any atom is -0.504 e. The first-order valence-electron chi connectivity index (χ1n) is 7.87. The zero-order valence-corrected chi connectivity index (χ0v) is 16.8. The second kappa shape index (κ2) is 7.50. The number of carbonyl (C=O) groups excluding carboxylic acids is 2. The molecule has 138 valence electrons. The Morgan fingerprint density at radius 1 is 1.26 bits per heavy atom. The van der Waals surface area contributed by atoms with E-state index in [2.05, 4.69) is 21.2 Å². The monoisotopic (exact) mass is 446 g/mol. The van der Waals surface area contributed by atoms with Crippen molar-refractivity contribution in [3.63, 3.8) is 0 Å². The van der Waals surface area contributed by atoms with Crippen LogP contribution in [0.5, 0.6) is 11.5 Å². The Kier molecular flexibility index (Phi) is 5.29. The van der Waals surface area contributed by atoms with Gasteiger partial charge >= 0.3 is 0 Å². The van der Waals surface area contributed by atoms with Crippen molar-refractivity contribution in [1.29, 1.82) is 0 Å². The molecule has 2 aromatic carbocycles. The minimum atomic E-state index is -0.627. The Hall–Kier alpha value is -2.71. The van der Waals surface area contributed by atoms with Gasteiger partial charge in [0.1, 0.15) is 5.57 Å². The normalized spacial score (nSPS) is 15.9. The van der Waals surface area contributed by atoms with E-state index in [-0.39, 0.29) is 27.7 Å². The number of methoxy groups -OCH3 is 1. The molecule has 1 fully saturated rings. The Labute approximate surface area is 169 Å². The minimum absolute atomic E-state index is 0.00226. The first kappa shape index (κ1) is 19.1. The van der Waals surface area contributed by atoms with Crippen molar-refractivity contribution in [2.45, 2.75) is 6.92 Å². The maximum absolute atomic E-state index is 13.0. The highest BCUT2D eigenvalue weighted by atomic mass is 79.9. The molecule has 0 aliphatic carbocycles. The van der Waals surface area contributed by atoms with E-state index >= 15 is 0 Å². The van der Waals surface area contributed by atoms with Crippen LogP contribution in [-0.2, 0) is 9.59 Å². The lowest BCUT2D eigenvalue weighted by Crippen LogP contribution is -2.54. The van der Waals surface area contributed by atoms with Crippen LogP contribution in [-0.4, -0.2) is 29.1 Å². The fourth-order valence-corrected chi connectivity index (χ4v) is 3.47. The number of aryl methyl sites for hydroxylation is 1. The van der Waals surface area contributed by atoms with Gasteiger partial charge in [0.15, 0.2) is 16.6 Å². The highest BCUT2D eigenvalue weighted by Gasteiger charge is 2.35. The Morgan fingerprint density at radius 3 is 2.67 bits per heavy atom. The number of carbonyl (C=O) groups is 2. The summed E-state index contributed by atoms with van der Waals surface area (Å²) in [5.41, 5.74) is 1.51. The first-order chi connectivity index (χ1) is 12.8. The average Bonchev–Trinajstić information content (AvgIpc) is 2.61. The number of hydrogen-bond acceptors (Lipinski definition) is 5. The molecule has 0 atom stereocenters. The number of anilines is 1. The molecule has 3 rings (SSSR count). The number of ether oxygens (including phenoxy) is 1. The van der Waals surface area contributed by atoms with E-state index in [1.165, 1.54) is 18.1 Å². The Balaban J connectivity index is 2.08. The predicted molar refractivity (Wildman–Crippen MR) is 110 cm³/mol. The summed E-state index contributed by atoms with van der Waals surface area (Å²) in [6.45, 7) is 1.84. The average molecular weight is 447 g/mol. The van der Waals surface area contributed by atoms with Crippen LogP contribution in [0.2, 0.25) is 0 Å². The number of benzene rings is 2. The molecule has 8 heteroatoms. The van der Waals surface area contributed by atoms with Gasteiger partial charge in [-0.15, -0.1) is 0 Å². The van der Waals surface area contributed by atoms with Gasteiger partial charge in [-0.3, -0.25) is 19.8 Å². The van der Waals surface area contributed by atoms with Crippen LogP contribution in [0.1, 0.15) is 11.1 Å². The third-order valence-corrected chi connectivity index (χ3v) is 4.83. The van der Waals surface area contributed by atoms with Crippen LogP contribution < -0.4 is 15.0 Å². The van der Waals surface area contributed by atoms with E-state index in [0.29, 0.717) is 5.69 Å². The van der Waals surface area contributed by atoms with Crippen molar-refractivity contribution in [2.75, 3.05) is 12.0 Å². The summed E-state index contributed by atoms with van der Waals surface area (Å²) < 4.78 is 5.92. The summed E-state index contributed by atoms with van der Waals surface area (Å²) in [5, 5.41) is 12.8. The van der Waals surface area contributed by atoms with Gasteiger partial charge in [0.05, 0.1) is 12.8 Å². The van der Waals surface area contributed by atoms with Gasteiger partial charge in [-0.1, -0.05) is 28.1 Å².